The van der Waals surface area contributed by atoms with E-state index in [9.17, 15) is 0 Å². The predicted molar refractivity (Wildman–Crippen MR) is 54.8 cm³/mol. The van der Waals surface area contributed by atoms with Crippen molar-refractivity contribution in [3.63, 3.8) is 0 Å². The van der Waals surface area contributed by atoms with E-state index in [1.165, 1.54) is 34.6 Å². The molecule has 0 aliphatic carbocycles. The van der Waals surface area contributed by atoms with E-state index >= 15 is 0 Å². The maximum atomic E-state index is 8.66. The van der Waals surface area contributed by atoms with Gasteiger partial charge in [-0.05, 0) is 29.7 Å². The Morgan fingerprint density at radius 3 is 3.23 bits per heavy atom. The van der Waals surface area contributed by atoms with Crippen molar-refractivity contribution < 1.29 is 0 Å². The number of hydrogen-bond acceptors (Lipinski definition) is 2. The molecule has 1 aliphatic heterocycles. The van der Waals surface area contributed by atoms with Crippen LogP contribution in [0, 0.1) is 11.3 Å². The van der Waals surface area contributed by atoms with Gasteiger partial charge < -0.3 is 0 Å². The number of nitriles is 1. The van der Waals surface area contributed by atoms with Crippen LogP contribution in [0.4, 0.5) is 0 Å². The predicted octanol–water partition coefficient (Wildman–Crippen LogP) is 2.79. The molecule has 1 heterocycles. The first-order chi connectivity index (χ1) is 6.42. The molecule has 1 aromatic rings. The van der Waals surface area contributed by atoms with Crippen molar-refractivity contribution in [1.29, 1.82) is 5.26 Å². The zero-order chi connectivity index (χ0) is 9.10. The maximum Gasteiger partial charge on any atom is 0.0670 e. The smallest absolute Gasteiger partial charge is 0.0670 e. The molecule has 2 heteroatoms. The highest BCUT2D eigenvalue weighted by molar-refractivity contribution is 7.99. The molecule has 66 valence electrons. The standard InChI is InChI=1S/C11H11NS/c12-7-6-10-4-1-3-9-5-2-8-13-11(9)10/h1,3-4H,2,5-6,8H2. The number of fused-ring (bicyclic) bond motifs is 1. The normalized spacial score (nSPS) is 14.7. The van der Waals surface area contributed by atoms with Gasteiger partial charge in [0.1, 0.15) is 0 Å². The second-order valence-electron chi connectivity index (χ2n) is 3.19. The summed E-state index contributed by atoms with van der Waals surface area (Å²) in [6, 6.07) is 8.54. The molecule has 0 saturated carbocycles. The molecular weight excluding hydrogens is 178 g/mol. The molecule has 13 heavy (non-hydrogen) atoms. The SMILES string of the molecule is N#CCc1cccc2c1SCCC2. The zero-order valence-electron chi connectivity index (χ0n) is 7.42. The lowest BCUT2D eigenvalue weighted by Crippen LogP contribution is -2.01. The Labute approximate surface area is 82.8 Å². The van der Waals surface area contributed by atoms with Crippen LogP contribution in [0.25, 0.3) is 0 Å². The Hall–Kier alpha value is -0.940. The van der Waals surface area contributed by atoms with E-state index in [-0.39, 0.29) is 0 Å². The van der Waals surface area contributed by atoms with E-state index in [2.05, 4.69) is 24.3 Å². The van der Waals surface area contributed by atoms with Crippen LogP contribution in [-0.4, -0.2) is 5.75 Å². The summed E-state index contributed by atoms with van der Waals surface area (Å²) in [7, 11) is 0. The summed E-state index contributed by atoms with van der Waals surface area (Å²) in [6.45, 7) is 0. The average Bonchev–Trinajstić information content (AvgIpc) is 2.19. The van der Waals surface area contributed by atoms with Crippen LogP contribution in [0.5, 0.6) is 0 Å². The largest absolute Gasteiger partial charge is 0.198 e. The summed E-state index contributed by atoms with van der Waals surface area (Å²) in [5.41, 5.74) is 2.65. The molecule has 0 atom stereocenters. The van der Waals surface area contributed by atoms with Crippen LogP contribution in [0.3, 0.4) is 0 Å². The number of thioether (sulfide) groups is 1. The Bertz CT molecular complexity index is 352. The Balaban J connectivity index is 2.41. The summed E-state index contributed by atoms with van der Waals surface area (Å²) in [6.07, 6.45) is 3.01. The number of hydrogen-bond donors (Lipinski definition) is 0. The van der Waals surface area contributed by atoms with Gasteiger partial charge in [0.2, 0.25) is 0 Å². The first-order valence-corrected chi connectivity index (χ1v) is 5.51. The van der Waals surface area contributed by atoms with E-state index in [4.69, 9.17) is 5.26 Å². The van der Waals surface area contributed by atoms with Crippen LogP contribution < -0.4 is 0 Å². The summed E-state index contributed by atoms with van der Waals surface area (Å²) >= 11 is 1.90. The van der Waals surface area contributed by atoms with E-state index in [1.807, 2.05) is 11.8 Å². The second kappa shape index (κ2) is 3.85. The molecule has 0 aromatic heterocycles. The first-order valence-electron chi connectivity index (χ1n) is 4.52. The third kappa shape index (κ3) is 1.71. The maximum absolute atomic E-state index is 8.66. The molecule has 0 radical (unpaired) electrons. The lowest BCUT2D eigenvalue weighted by atomic mass is 10.0. The van der Waals surface area contributed by atoms with Crippen LogP contribution in [0.1, 0.15) is 17.5 Å². The van der Waals surface area contributed by atoms with Crippen molar-refractivity contribution in [2.45, 2.75) is 24.2 Å². The highest BCUT2D eigenvalue weighted by Crippen LogP contribution is 2.32. The Kier molecular flexibility index (Phi) is 2.56. The van der Waals surface area contributed by atoms with Gasteiger partial charge in [-0.2, -0.15) is 5.26 Å². The lowest BCUT2D eigenvalue weighted by Gasteiger charge is -2.17. The molecule has 0 amide bonds. The van der Waals surface area contributed by atoms with E-state index < -0.39 is 0 Å². The van der Waals surface area contributed by atoms with Gasteiger partial charge >= 0.3 is 0 Å². The van der Waals surface area contributed by atoms with Crippen LogP contribution in [-0.2, 0) is 12.8 Å². The minimum Gasteiger partial charge on any atom is -0.198 e. The van der Waals surface area contributed by atoms with E-state index in [1.54, 1.807) is 0 Å². The van der Waals surface area contributed by atoms with Crippen molar-refractivity contribution in [3.8, 4) is 6.07 Å². The third-order valence-electron chi connectivity index (χ3n) is 2.28. The van der Waals surface area contributed by atoms with Crippen LogP contribution in [0.15, 0.2) is 23.1 Å². The minimum atomic E-state index is 0.552. The highest BCUT2D eigenvalue weighted by atomic mass is 32.2. The molecule has 0 bridgehead atoms. The Morgan fingerprint density at radius 2 is 2.38 bits per heavy atom. The third-order valence-corrected chi connectivity index (χ3v) is 3.59. The number of aryl methyl sites for hydroxylation is 1. The van der Waals surface area contributed by atoms with Crippen molar-refractivity contribution in [1.82, 2.24) is 0 Å². The quantitative estimate of drug-likeness (QED) is 0.678. The Morgan fingerprint density at radius 1 is 1.46 bits per heavy atom. The monoisotopic (exact) mass is 189 g/mol. The molecular formula is C11H11NS. The minimum absolute atomic E-state index is 0.552. The fourth-order valence-electron chi connectivity index (χ4n) is 1.68. The summed E-state index contributed by atoms with van der Waals surface area (Å²) in [4.78, 5) is 1.37. The summed E-state index contributed by atoms with van der Waals surface area (Å²) in [5, 5.41) is 8.66. The number of nitrogens with zero attached hydrogens (tertiary/aromatic N) is 1. The molecule has 1 aliphatic rings. The van der Waals surface area contributed by atoms with Gasteiger partial charge in [0, 0.05) is 4.90 Å². The lowest BCUT2D eigenvalue weighted by molar-refractivity contribution is 0.879. The average molecular weight is 189 g/mol. The molecule has 2 rings (SSSR count). The van der Waals surface area contributed by atoms with Crippen molar-refractivity contribution in [2.75, 3.05) is 5.75 Å². The topological polar surface area (TPSA) is 23.8 Å². The van der Waals surface area contributed by atoms with Gasteiger partial charge in [0.05, 0.1) is 12.5 Å². The van der Waals surface area contributed by atoms with E-state index in [0.717, 1.165) is 0 Å². The molecule has 1 nitrogen and oxygen atoms in total. The van der Waals surface area contributed by atoms with Gasteiger partial charge in [-0.25, -0.2) is 0 Å². The van der Waals surface area contributed by atoms with Gasteiger partial charge in [-0.15, -0.1) is 11.8 Å². The van der Waals surface area contributed by atoms with Crippen LogP contribution >= 0.6 is 11.8 Å². The molecule has 0 spiro atoms. The fraction of sp³-hybridized carbons (Fsp3) is 0.364. The first kappa shape index (κ1) is 8.65. The van der Waals surface area contributed by atoms with Crippen molar-refractivity contribution in [3.05, 3.63) is 29.3 Å². The molecule has 1 aromatic carbocycles. The van der Waals surface area contributed by atoms with Gasteiger partial charge in [0.25, 0.3) is 0 Å². The van der Waals surface area contributed by atoms with E-state index in [0.29, 0.717) is 6.42 Å². The zero-order valence-corrected chi connectivity index (χ0v) is 8.23. The van der Waals surface area contributed by atoms with Gasteiger partial charge in [-0.3, -0.25) is 0 Å². The summed E-state index contributed by atoms with van der Waals surface area (Å²) in [5.74, 6) is 1.20. The van der Waals surface area contributed by atoms with Crippen molar-refractivity contribution in [2.24, 2.45) is 0 Å². The molecule has 0 fully saturated rings. The second-order valence-corrected chi connectivity index (χ2v) is 4.30. The molecule has 0 N–H and O–H groups in total. The van der Waals surface area contributed by atoms with Gasteiger partial charge in [-0.1, -0.05) is 18.2 Å². The van der Waals surface area contributed by atoms with Crippen molar-refractivity contribution >= 4 is 11.8 Å². The fourth-order valence-corrected chi connectivity index (χ4v) is 2.86. The molecule has 0 saturated heterocycles. The van der Waals surface area contributed by atoms with Crippen LogP contribution in [0.2, 0.25) is 0 Å². The van der Waals surface area contributed by atoms with Gasteiger partial charge in [0.15, 0.2) is 0 Å². The summed E-state index contributed by atoms with van der Waals surface area (Å²) < 4.78 is 0. The highest BCUT2D eigenvalue weighted by Gasteiger charge is 2.12. The number of benzene rings is 1. The molecule has 0 unspecified atom stereocenters. The number of rotatable bonds is 1.